The first-order chi connectivity index (χ1) is 8.27. The normalized spacial score (nSPS) is 12.4. The van der Waals surface area contributed by atoms with E-state index < -0.39 is 0 Å². The zero-order chi connectivity index (χ0) is 12.1. The maximum absolute atomic E-state index is 6.15. The van der Waals surface area contributed by atoms with Crippen LogP contribution in [0, 0.1) is 0 Å². The Morgan fingerprint density at radius 2 is 2.06 bits per heavy atom. The van der Waals surface area contributed by atoms with Gasteiger partial charge in [-0.05, 0) is 30.2 Å². The van der Waals surface area contributed by atoms with Gasteiger partial charge in [0.05, 0.1) is 0 Å². The van der Waals surface area contributed by atoms with E-state index in [2.05, 4.69) is 23.3 Å². The van der Waals surface area contributed by atoms with E-state index in [4.69, 9.17) is 11.6 Å². The van der Waals surface area contributed by atoms with Gasteiger partial charge in [-0.3, -0.25) is 4.98 Å². The molecule has 0 radical (unpaired) electrons. The highest BCUT2D eigenvalue weighted by Crippen LogP contribution is 2.22. The molecule has 0 saturated heterocycles. The number of hydrogen-bond acceptors (Lipinski definition) is 2. The van der Waals surface area contributed by atoms with Crippen molar-refractivity contribution in [2.24, 2.45) is 0 Å². The highest BCUT2D eigenvalue weighted by Gasteiger charge is 2.07. The summed E-state index contributed by atoms with van der Waals surface area (Å²) in [5, 5.41) is 4.24. The average molecular weight is 247 g/mol. The van der Waals surface area contributed by atoms with Crippen molar-refractivity contribution in [1.29, 1.82) is 0 Å². The predicted molar refractivity (Wildman–Crippen MR) is 70.9 cm³/mol. The smallest absolute Gasteiger partial charge is 0.0453 e. The van der Waals surface area contributed by atoms with Crippen molar-refractivity contribution in [3.8, 4) is 0 Å². The van der Waals surface area contributed by atoms with Crippen LogP contribution < -0.4 is 5.32 Å². The molecule has 3 heteroatoms. The van der Waals surface area contributed by atoms with Crippen molar-refractivity contribution in [2.75, 3.05) is 0 Å². The van der Waals surface area contributed by atoms with Crippen LogP contribution >= 0.6 is 11.6 Å². The van der Waals surface area contributed by atoms with Gasteiger partial charge in [0.15, 0.2) is 0 Å². The minimum absolute atomic E-state index is 0.226. The molecule has 0 spiro atoms. The molecule has 17 heavy (non-hydrogen) atoms. The Morgan fingerprint density at radius 1 is 1.24 bits per heavy atom. The van der Waals surface area contributed by atoms with Crippen LogP contribution in [-0.2, 0) is 6.54 Å². The van der Waals surface area contributed by atoms with E-state index in [9.17, 15) is 0 Å². The van der Waals surface area contributed by atoms with E-state index in [0.717, 1.165) is 17.1 Å². The van der Waals surface area contributed by atoms with Gasteiger partial charge in [0.25, 0.3) is 0 Å². The molecule has 1 N–H and O–H groups in total. The molecule has 1 atom stereocenters. The molecule has 0 aliphatic carbocycles. The van der Waals surface area contributed by atoms with Crippen LogP contribution in [0.1, 0.15) is 24.1 Å². The lowest BCUT2D eigenvalue weighted by atomic mass is 10.1. The fraction of sp³-hybridized carbons (Fsp3) is 0.214. The van der Waals surface area contributed by atoms with E-state index in [1.54, 1.807) is 6.20 Å². The van der Waals surface area contributed by atoms with Gasteiger partial charge >= 0.3 is 0 Å². The molecule has 0 aliphatic heterocycles. The van der Waals surface area contributed by atoms with E-state index in [1.165, 1.54) is 5.56 Å². The molecule has 88 valence electrons. The van der Waals surface area contributed by atoms with Gasteiger partial charge in [0.2, 0.25) is 0 Å². The highest BCUT2D eigenvalue weighted by atomic mass is 35.5. The Morgan fingerprint density at radius 3 is 2.76 bits per heavy atom. The van der Waals surface area contributed by atoms with Gasteiger partial charge in [-0.25, -0.2) is 0 Å². The fourth-order valence-electron chi connectivity index (χ4n) is 1.71. The summed E-state index contributed by atoms with van der Waals surface area (Å²) in [5.74, 6) is 0. The van der Waals surface area contributed by atoms with Crippen molar-refractivity contribution in [3.63, 3.8) is 0 Å². The second-order valence-corrected chi connectivity index (χ2v) is 4.39. The van der Waals surface area contributed by atoms with Crippen LogP contribution in [0.15, 0.2) is 48.8 Å². The summed E-state index contributed by atoms with van der Waals surface area (Å²) in [4.78, 5) is 4.09. The number of benzene rings is 1. The topological polar surface area (TPSA) is 24.9 Å². The van der Waals surface area contributed by atoms with Crippen molar-refractivity contribution >= 4 is 11.6 Å². The third kappa shape index (κ3) is 3.29. The summed E-state index contributed by atoms with van der Waals surface area (Å²) in [7, 11) is 0. The van der Waals surface area contributed by atoms with Crippen molar-refractivity contribution in [1.82, 2.24) is 10.3 Å². The molecule has 0 fully saturated rings. The molecule has 2 rings (SSSR count). The molecule has 2 nitrogen and oxygen atoms in total. The zero-order valence-electron chi connectivity index (χ0n) is 9.73. The third-order valence-corrected chi connectivity index (χ3v) is 3.05. The largest absolute Gasteiger partial charge is 0.306 e. The summed E-state index contributed by atoms with van der Waals surface area (Å²) in [6.07, 6.45) is 3.65. The van der Waals surface area contributed by atoms with Gasteiger partial charge in [-0.2, -0.15) is 0 Å². The van der Waals surface area contributed by atoms with Gasteiger partial charge < -0.3 is 5.32 Å². The van der Waals surface area contributed by atoms with Gasteiger partial charge in [-0.1, -0.05) is 35.9 Å². The van der Waals surface area contributed by atoms with E-state index in [-0.39, 0.29) is 6.04 Å². The molecule has 1 aromatic heterocycles. The molecule has 2 aromatic rings. The number of halogens is 1. The Balaban J connectivity index is 1.99. The first kappa shape index (κ1) is 12.1. The monoisotopic (exact) mass is 246 g/mol. The number of hydrogen-bond donors (Lipinski definition) is 1. The average Bonchev–Trinajstić information content (AvgIpc) is 2.38. The van der Waals surface area contributed by atoms with Gasteiger partial charge in [-0.15, -0.1) is 0 Å². The van der Waals surface area contributed by atoms with Gasteiger partial charge in [0.1, 0.15) is 0 Å². The molecule has 1 heterocycles. The van der Waals surface area contributed by atoms with E-state index in [0.29, 0.717) is 0 Å². The Bertz CT molecular complexity index is 471. The lowest BCUT2D eigenvalue weighted by molar-refractivity contribution is 0.574. The number of aromatic nitrogens is 1. The van der Waals surface area contributed by atoms with Crippen molar-refractivity contribution < 1.29 is 0 Å². The van der Waals surface area contributed by atoms with Crippen LogP contribution in [-0.4, -0.2) is 4.98 Å². The Labute approximate surface area is 107 Å². The number of nitrogens with zero attached hydrogens (tertiary/aromatic N) is 1. The summed E-state index contributed by atoms with van der Waals surface area (Å²) in [5.41, 5.74) is 2.30. The zero-order valence-corrected chi connectivity index (χ0v) is 10.5. The van der Waals surface area contributed by atoms with Crippen LogP contribution in [0.5, 0.6) is 0 Å². The molecule has 1 aromatic carbocycles. The summed E-state index contributed by atoms with van der Waals surface area (Å²) < 4.78 is 0. The van der Waals surface area contributed by atoms with E-state index >= 15 is 0 Å². The summed E-state index contributed by atoms with van der Waals surface area (Å²) in [6.45, 7) is 2.90. The lowest BCUT2D eigenvalue weighted by Crippen LogP contribution is -2.18. The fourth-order valence-corrected chi connectivity index (χ4v) is 2.01. The minimum Gasteiger partial charge on any atom is -0.306 e. The quantitative estimate of drug-likeness (QED) is 0.892. The molecular weight excluding hydrogens is 232 g/mol. The first-order valence-electron chi connectivity index (χ1n) is 5.64. The molecule has 0 aliphatic rings. The number of nitrogens with one attached hydrogen (secondary N) is 1. The van der Waals surface area contributed by atoms with Crippen molar-refractivity contribution in [3.05, 3.63) is 64.9 Å². The van der Waals surface area contributed by atoms with Crippen LogP contribution in [0.2, 0.25) is 5.02 Å². The molecule has 0 bridgehead atoms. The lowest BCUT2D eigenvalue weighted by Gasteiger charge is -2.15. The molecule has 0 unspecified atom stereocenters. The molecular formula is C14H15ClN2. The van der Waals surface area contributed by atoms with Crippen molar-refractivity contribution in [2.45, 2.75) is 19.5 Å². The molecule has 0 amide bonds. The van der Waals surface area contributed by atoms with E-state index in [1.807, 2.05) is 36.5 Å². The molecule has 0 saturated carbocycles. The van der Waals surface area contributed by atoms with Crippen LogP contribution in [0.25, 0.3) is 0 Å². The predicted octanol–water partition coefficient (Wildman–Crippen LogP) is 3.59. The second kappa shape index (κ2) is 5.80. The van der Waals surface area contributed by atoms with Gasteiger partial charge in [0, 0.05) is 30.0 Å². The number of pyridine rings is 1. The highest BCUT2D eigenvalue weighted by molar-refractivity contribution is 6.31. The van der Waals surface area contributed by atoms with Crippen LogP contribution in [0.4, 0.5) is 0 Å². The maximum atomic E-state index is 6.15. The van der Waals surface area contributed by atoms with Crippen LogP contribution in [0.3, 0.4) is 0 Å². The standard InChI is InChI=1S/C14H15ClN2/c1-11(13-6-2-3-7-14(13)15)17-10-12-5-4-8-16-9-12/h2-9,11,17H,10H2,1H3/t11-/m0/s1. The Kier molecular flexibility index (Phi) is 4.13. The SMILES string of the molecule is C[C@H](NCc1cccnc1)c1ccccc1Cl. The number of rotatable bonds is 4. The minimum atomic E-state index is 0.226. The summed E-state index contributed by atoms with van der Waals surface area (Å²) >= 11 is 6.15. The Hall–Kier alpha value is -1.38. The first-order valence-corrected chi connectivity index (χ1v) is 6.02. The maximum Gasteiger partial charge on any atom is 0.0453 e. The third-order valence-electron chi connectivity index (χ3n) is 2.71. The second-order valence-electron chi connectivity index (χ2n) is 3.99. The summed E-state index contributed by atoms with van der Waals surface area (Å²) in [6, 6.07) is 12.1.